The van der Waals surface area contributed by atoms with Crippen molar-refractivity contribution in [1.29, 1.82) is 0 Å². The Morgan fingerprint density at radius 2 is 2.25 bits per heavy atom. The molecule has 1 N–H and O–H groups in total. The summed E-state index contributed by atoms with van der Waals surface area (Å²) in [4.78, 5) is 11.0. The van der Waals surface area contributed by atoms with Crippen LogP contribution in [-0.2, 0) is 0 Å². The molecule has 4 heteroatoms. The summed E-state index contributed by atoms with van der Waals surface area (Å²) >= 11 is 2.99. The topological polar surface area (TPSA) is 29.1 Å². The monoisotopic (exact) mass is 231 g/mol. The summed E-state index contributed by atoms with van der Waals surface area (Å²) in [6.45, 7) is 0. The van der Waals surface area contributed by atoms with E-state index in [1.165, 1.54) is 25.2 Å². The molecule has 0 aliphatic heterocycles. The van der Waals surface area contributed by atoms with Crippen molar-refractivity contribution in [3.05, 3.63) is 34.1 Å². The highest BCUT2D eigenvalue weighted by molar-refractivity contribution is 9.10. The van der Waals surface area contributed by atoms with Crippen LogP contribution >= 0.6 is 15.9 Å². The van der Waals surface area contributed by atoms with Crippen LogP contribution in [0.5, 0.6) is 0 Å². The largest absolute Gasteiger partial charge is 0.355 e. The summed E-state index contributed by atoms with van der Waals surface area (Å²) in [6, 6.07) is 4.11. The fourth-order valence-electron chi connectivity index (χ4n) is 0.782. The Labute approximate surface area is 77.9 Å². The molecule has 0 saturated carbocycles. The van der Waals surface area contributed by atoms with Gasteiger partial charge in [0.25, 0.3) is 5.91 Å². The van der Waals surface area contributed by atoms with Crippen molar-refractivity contribution in [1.82, 2.24) is 5.32 Å². The normalized spacial score (nSPS) is 9.58. The van der Waals surface area contributed by atoms with E-state index >= 15 is 0 Å². The summed E-state index contributed by atoms with van der Waals surface area (Å²) in [5, 5.41) is 2.45. The van der Waals surface area contributed by atoms with Crippen LogP contribution in [0, 0.1) is 5.82 Å². The third-order valence-electron chi connectivity index (χ3n) is 1.41. The lowest BCUT2D eigenvalue weighted by atomic mass is 10.2. The zero-order chi connectivity index (χ0) is 9.14. The van der Waals surface area contributed by atoms with Crippen molar-refractivity contribution in [3.8, 4) is 0 Å². The second-order valence-corrected chi connectivity index (χ2v) is 3.06. The van der Waals surface area contributed by atoms with E-state index in [1.807, 2.05) is 0 Å². The lowest BCUT2D eigenvalue weighted by molar-refractivity contribution is 0.0963. The molecule has 2 nitrogen and oxygen atoms in total. The van der Waals surface area contributed by atoms with Crippen molar-refractivity contribution < 1.29 is 9.18 Å². The van der Waals surface area contributed by atoms with E-state index in [9.17, 15) is 9.18 Å². The van der Waals surface area contributed by atoms with Crippen molar-refractivity contribution in [2.45, 2.75) is 0 Å². The highest BCUT2D eigenvalue weighted by Gasteiger charge is 2.05. The van der Waals surface area contributed by atoms with Gasteiger partial charge in [-0.15, -0.1) is 0 Å². The maximum Gasteiger partial charge on any atom is 0.251 e. The summed E-state index contributed by atoms with van der Waals surface area (Å²) in [5.41, 5.74) is 0.436. The number of hydrogen-bond donors (Lipinski definition) is 1. The number of rotatable bonds is 1. The Hall–Kier alpha value is -0.900. The predicted octanol–water partition coefficient (Wildman–Crippen LogP) is 1.95. The van der Waals surface area contributed by atoms with Crippen molar-refractivity contribution in [2.75, 3.05) is 7.05 Å². The second-order valence-electron chi connectivity index (χ2n) is 2.21. The molecule has 0 saturated heterocycles. The minimum Gasteiger partial charge on any atom is -0.355 e. The minimum absolute atomic E-state index is 0.226. The highest BCUT2D eigenvalue weighted by atomic mass is 79.9. The number of nitrogens with one attached hydrogen (secondary N) is 1. The number of benzene rings is 1. The molecule has 0 aromatic heterocycles. The van der Waals surface area contributed by atoms with Crippen LogP contribution in [-0.4, -0.2) is 13.0 Å². The first kappa shape index (κ1) is 9.19. The van der Waals surface area contributed by atoms with Crippen molar-refractivity contribution >= 4 is 21.8 Å². The van der Waals surface area contributed by atoms with Gasteiger partial charge < -0.3 is 5.32 Å². The van der Waals surface area contributed by atoms with Gasteiger partial charge in [0.05, 0.1) is 4.47 Å². The molecule has 64 valence electrons. The Morgan fingerprint density at radius 3 is 2.75 bits per heavy atom. The molecule has 0 aliphatic rings. The van der Waals surface area contributed by atoms with E-state index in [0.717, 1.165) is 0 Å². The molecule has 1 aromatic carbocycles. The zero-order valence-electron chi connectivity index (χ0n) is 6.40. The van der Waals surface area contributed by atoms with Gasteiger partial charge in [-0.1, -0.05) is 0 Å². The summed E-state index contributed by atoms with van der Waals surface area (Å²) in [7, 11) is 1.53. The van der Waals surface area contributed by atoms with Crippen molar-refractivity contribution in [2.24, 2.45) is 0 Å². The number of hydrogen-bond acceptors (Lipinski definition) is 1. The lowest BCUT2D eigenvalue weighted by Crippen LogP contribution is -2.17. The van der Waals surface area contributed by atoms with Crippen molar-refractivity contribution in [3.63, 3.8) is 0 Å². The molecule has 1 amide bonds. The van der Waals surface area contributed by atoms with E-state index in [-0.39, 0.29) is 11.7 Å². The highest BCUT2D eigenvalue weighted by Crippen LogP contribution is 2.16. The first-order valence-electron chi connectivity index (χ1n) is 3.32. The van der Waals surface area contributed by atoms with Gasteiger partial charge in [0.1, 0.15) is 5.82 Å². The molecule has 0 heterocycles. The molecule has 0 unspecified atom stereocenters. The average molecular weight is 232 g/mol. The Balaban J connectivity index is 3.05. The second kappa shape index (κ2) is 3.67. The van der Waals surface area contributed by atoms with Crippen LogP contribution in [0.4, 0.5) is 4.39 Å². The SMILES string of the molecule is CNC(=O)c1ccc(F)c(Br)c1. The van der Waals surface area contributed by atoms with E-state index in [2.05, 4.69) is 21.2 Å². The van der Waals surface area contributed by atoms with Crippen LogP contribution in [0.15, 0.2) is 22.7 Å². The van der Waals surface area contributed by atoms with Gasteiger partial charge in [-0.3, -0.25) is 4.79 Å². The number of carbonyl (C=O) groups excluding carboxylic acids is 1. The van der Waals surface area contributed by atoms with Gasteiger partial charge in [-0.2, -0.15) is 0 Å². The average Bonchev–Trinajstić information content (AvgIpc) is 2.08. The third kappa shape index (κ3) is 1.82. The third-order valence-corrected chi connectivity index (χ3v) is 2.02. The zero-order valence-corrected chi connectivity index (χ0v) is 7.98. The molecule has 1 rings (SSSR count). The van der Waals surface area contributed by atoms with Gasteiger partial charge in [-0.05, 0) is 34.1 Å². The fraction of sp³-hybridized carbons (Fsp3) is 0.125. The number of amides is 1. The van der Waals surface area contributed by atoms with Gasteiger partial charge in [0.15, 0.2) is 0 Å². The Bertz CT molecular complexity index is 314. The lowest BCUT2D eigenvalue weighted by Gasteiger charge is -2.00. The fourth-order valence-corrected chi connectivity index (χ4v) is 1.16. The number of carbonyl (C=O) groups is 1. The van der Waals surface area contributed by atoms with Gasteiger partial charge in [0.2, 0.25) is 0 Å². The van der Waals surface area contributed by atoms with E-state index in [4.69, 9.17) is 0 Å². The van der Waals surface area contributed by atoms with E-state index in [1.54, 1.807) is 0 Å². The minimum atomic E-state index is -0.373. The summed E-state index contributed by atoms with van der Waals surface area (Å²) in [5.74, 6) is -0.599. The van der Waals surface area contributed by atoms with Crippen LogP contribution in [0.3, 0.4) is 0 Å². The molecular formula is C8H7BrFNO. The maximum atomic E-state index is 12.7. The standard InChI is InChI=1S/C8H7BrFNO/c1-11-8(12)5-2-3-7(10)6(9)4-5/h2-4H,1H3,(H,11,12). The quantitative estimate of drug-likeness (QED) is 0.787. The molecule has 0 atom stereocenters. The predicted molar refractivity (Wildman–Crippen MR) is 47.5 cm³/mol. The smallest absolute Gasteiger partial charge is 0.251 e. The number of halogens is 2. The molecule has 12 heavy (non-hydrogen) atoms. The van der Waals surface area contributed by atoms with Crippen LogP contribution in [0.25, 0.3) is 0 Å². The molecule has 1 aromatic rings. The molecule has 0 bridgehead atoms. The van der Waals surface area contributed by atoms with Gasteiger partial charge in [0, 0.05) is 12.6 Å². The molecular weight excluding hydrogens is 225 g/mol. The maximum absolute atomic E-state index is 12.7. The van der Waals surface area contributed by atoms with Crippen LogP contribution in [0.1, 0.15) is 10.4 Å². The van der Waals surface area contributed by atoms with Gasteiger partial charge in [-0.25, -0.2) is 4.39 Å². The Morgan fingerprint density at radius 1 is 1.58 bits per heavy atom. The summed E-state index contributed by atoms with van der Waals surface area (Å²) < 4.78 is 13.0. The molecule has 0 aliphatic carbocycles. The molecule has 0 radical (unpaired) electrons. The first-order valence-corrected chi connectivity index (χ1v) is 4.11. The Kier molecular flexibility index (Phi) is 2.81. The van der Waals surface area contributed by atoms with Gasteiger partial charge >= 0.3 is 0 Å². The van der Waals surface area contributed by atoms with Crippen LogP contribution in [0.2, 0.25) is 0 Å². The summed E-state index contributed by atoms with van der Waals surface area (Å²) in [6.07, 6.45) is 0. The van der Waals surface area contributed by atoms with Crippen LogP contribution < -0.4 is 5.32 Å². The molecule has 0 fully saturated rings. The first-order chi connectivity index (χ1) is 5.65. The van der Waals surface area contributed by atoms with E-state index < -0.39 is 0 Å². The molecule has 0 spiro atoms. The van der Waals surface area contributed by atoms with E-state index in [0.29, 0.717) is 10.0 Å².